The molecule has 3 nitrogen and oxygen atoms in total. The number of anilines is 2. The molecular weight excluding hydrogens is 266 g/mol. The van der Waals surface area contributed by atoms with Crippen LogP contribution < -0.4 is 4.90 Å². The first kappa shape index (κ1) is 13.1. The lowest BCUT2D eigenvalue weighted by molar-refractivity contribution is 0.115. The van der Waals surface area contributed by atoms with Gasteiger partial charge in [0.05, 0.1) is 5.69 Å². The topological polar surface area (TPSA) is 9.72 Å². The molecule has 0 atom stereocenters. The van der Waals surface area contributed by atoms with E-state index in [0.717, 1.165) is 17.2 Å². The summed E-state index contributed by atoms with van der Waals surface area (Å²) in [7, 11) is 4.03. The van der Waals surface area contributed by atoms with E-state index >= 15 is 0 Å². The van der Waals surface area contributed by atoms with Crippen LogP contribution in [-0.4, -0.2) is 35.8 Å². The van der Waals surface area contributed by atoms with Crippen LogP contribution in [0.3, 0.4) is 0 Å². The summed E-state index contributed by atoms with van der Waals surface area (Å²) in [6.07, 6.45) is 0. The van der Waals surface area contributed by atoms with Crippen LogP contribution in [0.15, 0.2) is 54.6 Å². The van der Waals surface area contributed by atoms with E-state index in [1.54, 1.807) is 0 Å². The number of nitrogens with zero attached hydrogens (tertiary/aromatic N) is 3. The van der Waals surface area contributed by atoms with Gasteiger partial charge in [0.15, 0.2) is 0 Å². The Balaban J connectivity index is 2.11. The van der Waals surface area contributed by atoms with Crippen LogP contribution in [0.4, 0.5) is 11.4 Å². The predicted molar refractivity (Wildman–Crippen MR) is 87.1 cm³/mol. The maximum absolute atomic E-state index is 5.62. The number of hydrogen-bond donors (Lipinski definition) is 0. The molecule has 1 heterocycles. The van der Waals surface area contributed by atoms with Gasteiger partial charge in [-0.1, -0.05) is 42.5 Å². The molecule has 0 saturated heterocycles. The van der Waals surface area contributed by atoms with E-state index in [2.05, 4.69) is 52.4 Å². The predicted octanol–water partition coefficient (Wildman–Crippen LogP) is 3.25. The van der Waals surface area contributed by atoms with Crippen LogP contribution >= 0.6 is 12.2 Å². The third-order valence-electron chi connectivity index (χ3n) is 3.49. The summed E-state index contributed by atoms with van der Waals surface area (Å²) in [4.78, 5) is 3.16. The summed E-state index contributed by atoms with van der Waals surface area (Å²) < 4.78 is 0. The smallest absolute Gasteiger partial charge is 0.127 e. The van der Waals surface area contributed by atoms with Crippen molar-refractivity contribution in [2.75, 3.05) is 25.7 Å². The van der Waals surface area contributed by atoms with E-state index in [1.165, 1.54) is 11.4 Å². The summed E-state index contributed by atoms with van der Waals surface area (Å²) >= 11 is 5.62. The molecule has 1 aliphatic rings. The van der Waals surface area contributed by atoms with Crippen molar-refractivity contribution in [1.82, 2.24) is 10.0 Å². The van der Waals surface area contributed by atoms with Crippen molar-refractivity contribution in [2.24, 2.45) is 0 Å². The molecule has 0 aromatic heterocycles. The van der Waals surface area contributed by atoms with Gasteiger partial charge in [-0.15, -0.1) is 0 Å². The third-order valence-corrected chi connectivity index (χ3v) is 3.92. The molecule has 1 aliphatic heterocycles. The zero-order valence-corrected chi connectivity index (χ0v) is 12.5. The van der Waals surface area contributed by atoms with Gasteiger partial charge in [-0.25, -0.2) is 5.01 Å². The Hall–Kier alpha value is -1.91. The van der Waals surface area contributed by atoms with Crippen molar-refractivity contribution in [3.63, 3.8) is 0 Å². The summed E-state index contributed by atoms with van der Waals surface area (Å²) in [5.74, 6) is 0. The number of hydrazine groups is 1. The third kappa shape index (κ3) is 2.17. The average Bonchev–Trinajstić information content (AvgIpc) is 2.48. The number of benzene rings is 2. The highest BCUT2D eigenvalue weighted by atomic mass is 32.1. The van der Waals surface area contributed by atoms with Crippen LogP contribution in [-0.2, 0) is 0 Å². The van der Waals surface area contributed by atoms with Gasteiger partial charge in [-0.2, -0.15) is 0 Å². The van der Waals surface area contributed by atoms with Crippen molar-refractivity contribution >= 4 is 28.6 Å². The van der Waals surface area contributed by atoms with E-state index in [9.17, 15) is 0 Å². The lowest BCUT2D eigenvalue weighted by atomic mass is 10.1. The molecule has 0 bridgehead atoms. The van der Waals surface area contributed by atoms with Crippen molar-refractivity contribution in [1.29, 1.82) is 0 Å². The zero-order valence-electron chi connectivity index (χ0n) is 11.7. The molecule has 0 saturated carbocycles. The fourth-order valence-electron chi connectivity index (χ4n) is 2.44. The van der Waals surface area contributed by atoms with Gasteiger partial charge in [-0.05, 0) is 24.3 Å². The first-order chi connectivity index (χ1) is 9.68. The van der Waals surface area contributed by atoms with E-state index in [1.807, 2.05) is 31.2 Å². The standard InChI is InChI=1S/C16H17N3S/c1-17(2)19-12-18(13-8-4-3-5-9-13)15-11-7-6-10-14(15)16(19)20/h3-11H,12H2,1-2H3. The molecular formula is C16H17N3S. The summed E-state index contributed by atoms with van der Waals surface area (Å²) in [5, 5.41) is 4.14. The number of rotatable bonds is 2. The monoisotopic (exact) mass is 283 g/mol. The Morgan fingerprint density at radius 1 is 0.950 bits per heavy atom. The van der Waals surface area contributed by atoms with Crippen LogP contribution in [0, 0.1) is 0 Å². The van der Waals surface area contributed by atoms with E-state index in [0.29, 0.717) is 0 Å². The van der Waals surface area contributed by atoms with E-state index in [-0.39, 0.29) is 0 Å². The fraction of sp³-hybridized carbons (Fsp3) is 0.188. The number of para-hydroxylation sites is 2. The fourth-order valence-corrected chi connectivity index (χ4v) is 2.83. The molecule has 0 spiro atoms. The second kappa shape index (κ2) is 5.23. The molecule has 4 heteroatoms. The van der Waals surface area contributed by atoms with Crippen molar-refractivity contribution in [2.45, 2.75) is 0 Å². The van der Waals surface area contributed by atoms with Crippen LogP contribution in [0.5, 0.6) is 0 Å². The molecule has 2 aromatic carbocycles. The maximum Gasteiger partial charge on any atom is 0.127 e. The molecule has 0 aliphatic carbocycles. The largest absolute Gasteiger partial charge is 0.321 e. The number of thiocarbonyl (C=S) groups is 1. The Kier molecular flexibility index (Phi) is 3.42. The maximum atomic E-state index is 5.62. The highest BCUT2D eigenvalue weighted by Crippen LogP contribution is 2.33. The minimum Gasteiger partial charge on any atom is -0.321 e. The van der Waals surface area contributed by atoms with E-state index in [4.69, 9.17) is 12.2 Å². The second-order valence-electron chi connectivity index (χ2n) is 4.97. The molecule has 0 unspecified atom stereocenters. The highest BCUT2D eigenvalue weighted by Gasteiger charge is 2.28. The Morgan fingerprint density at radius 2 is 1.60 bits per heavy atom. The zero-order chi connectivity index (χ0) is 14.1. The van der Waals surface area contributed by atoms with Crippen molar-refractivity contribution in [3.05, 3.63) is 60.2 Å². The summed E-state index contributed by atoms with van der Waals surface area (Å²) in [6, 6.07) is 18.7. The molecule has 0 N–H and O–H groups in total. The quantitative estimate of drug-likeness (QED) is 0.782. The van der Waals surface area contributed by atoms with Gasteiger partial charge in [0, 0.05) is 25.3 Å². The van der Waals surface area contributed by atoms with Gasteiger partial charge >= 0.3 is 0 Å². The first-order valence-corrected chi connectivity index (χ1v) is 7.00. The van der Waals surface area contributed by atoms with Gasteiger partial charge in [-0.3, -0.25) is 5.01 Å². The summed E-state index contributed by atoms with van der Waals surface area (Å²) in [5.41, 5.74) is 3.45. The normalized spacial score (nSPS) is 14.7. The minimum absolute atomic E-state index is 0.729. The van der Waals surface area contributed by atoms with Crippen molar-refractivity contribution in [3.8, 4) is 0 Å². The van der Waals surface area contributed by atoms with E-state index < -0.39 is 0 Å². The molecule has 0 radical (unpaired) electrons. The van der Waals surface area contributed by atoms with Crippen LogP contribution in [0.1, 0.15) is 5.56 Å². The molecule has 3 rings (SSSR count). The van der Waals surface area contributed by atoms with Gasteiger partial charge in [0.25, 0.3) is 0 Å². The Bertz CT molecular complexity index is 625. The van der Waals surface area contributed by atoms with Crippen molar-refractivity contribution < 1.29 is 0 Å². The Morgan fingerprint density at radius 3 is 2.30 bits per heavy atom. The van der Waals surface area contributed by atoms with Gasteiger partial charge in [0.2, 0.25) is 0 Å². The lowest BCUT2D eigenvalue weighted by Crippen LogP contribution is -2.50. The molecule has 0 fully saturated rings. The van der Waals surface area contributed by atoms with Gasteiger partial charge < -0.3 is 4.90 Å². The average molecular weight is 283 g/mol. The molecule has 102 valence electrons. The summed E-state index contributed by atoms with van der Waals surface area (Å²) in [6.45, 7) is 0.729. The number of hydrogen-bond acceptors (Lipinski definition) is 3. The second-order valence-corrected chi connectivity index (χ2v) is 5.36. The van der Waals surface area contributed by atoms with Crippen LogP contribution in [0.2, 0.25) is 0 Å². The number of fused-ring (bicyclic) bond motifs is 1. The van der Waals surface area contributed by atoms with Crippen LogP contribution in [0.25, 0.3) is 0 Å². The highest BCUT2D eigenvalue weighted by molar-refractivity contribution is 7.80. The first-order valence-electron chi connectivity index (χ1n) is 6.59. The molecule has 20 heavy (non-hydrogen) atoms. The van der Waals surface area contributed by atoms with Gasteiger partial charge in [0.1, 0.15) is 11.7 Å². The SMILES string of the molecule is CN(C)N1CN(c2ccccc2)c2ccccc2C1=S. The lowest BCUT2D eigenvalue weighted by Gasteiger charge is -2.42. The minimum atomic E-state index is 0.729. The molecule has 2 aromatic rings. The Labute approximate surface area is 125 Å². The molecule has 0 amide bonds.